The summed E-state index contributed by atoms with van der Waals surface area (Å²) in [4.78, 5) is 27.4. The zero-order chi connectivity index (χ0) is 27.7. The minimum absolute atomic E-state index is 0.0282. The molecule has 3 heterocycles. The van der Waals surface area contributed by atoms with E-state index in [1.807, 2.05) is 38.1 Å². The van der Waals surface area contributed by atoms with Crippen LogP contribution in [0.3, 0.4) is 0 Å². The van der Waals surface area contributed by atoms with Gasteiger partial charge in [0.2, 0.25) is 5.95 Å². The van der Waals surface area contributed by atoms with Crippen molar-refractivity contribution in [3.63, 3.8) is 0 Å². The van der Waals surface area contributed by atoms with E-state index in [0.717, 1.165) is 48.6 Å². The van der Waals surface area contributed by atoms with Gasteiger partial charge in [0, 0.05) is 55.8 Å². The van der Waals surface area contributed by atoms with Crippen molar-refractivity contribution < 1.29 is 9.53 Å². The van der Waals surface area contributed by atoms with E-state index in [-0.39, 0.29) is 17.4 Å². The lowest BCUT2D eigenvalue weighted by Crippen LogP contribution is -2.54. The molecule has 9 nitrogen and oxygen atoms in total. The Morgan fingerprint density at radius 1 is 1.26 bits per heavy atom. The maximum Gasteiger partial charge on any atom is 0.254 e. The summed E-state index contributed by atoms with van der Waals surface area (Å²) in [5.74, 6) is 1.33. The van der Waals surface area contributed by atoms with Gasteiger partial charge in [0.1, 0.15) is 17.4 Å². The molecule has 1 spiro atoms. The van der Waals surface area contributed by atoms with Gasteiger partial charge in [-0.3, -0.25) is 9.78 Å². The van der Waals surface area contributed by atoms with Crippen LogP contribution in [0.25, 0.3) is 0 Å². The highest BCUT2D eigenvalue weighted by Crippen LogP contribution is 2.51. The van der Waals surface area contributed by atoms with Crippen molar-refractivity contribution in [3.8, 4) is 11.8 Å². The quantitative estimate of drug-likeness (QED) is 0.442. The zero-order valence-corrected chi connectivity index (χ0v) is 23.5. The number of nitriles is 1. The highest BCUT2D eigenvalue weighted by molar-refractivity contribution is 5.98. The molecule has 1 atom stereocenters. The number of carbonyl (C=O) groups is 1. The molecule has 1 N–H and O–H groups in total. The van der Waals surface area contributed by atoms with Gasteiger partial charge in [-0.25, -0.2) is 4.98 Å². The number of nitrogens with one attached hydrogen (secondary N) is 1. The molecule has 1 aliphatic carbocycles. The second-order valence-electron chi connectivity index (χ2n) is 10.9. The Kier molecular flexibility index (Phi) is 7.32. The van der Waals surface area contributed by atoms with Gasteiger partial charge < -0.3 is 24.4 Å². The fraction of sp³-hybridized carbons (Fsp3) is 0.467. The largest absolute Gasteiger partial charge is 0.492 e. The van der Waals surface area contributed by atoms with Crippen molar-refractivity contribution in [2.24, 2.45) is 0 Å². The van der Waals surface area contributed by atoms with Crippen LogP contribution < -0.4 is 10.1 Å². The molecular formula is C30H37N7O2. The number of carbonyl (C=O) groups excluding carboxylic acids is 1. The first kappa shape index (κ1) is 26.7. The van der Waals surface area contributed by atoms with Crippen molar-refractivity contribution in [2.75, 3.05) is 39.6 Å². The zero-order valence-electron chi connectivity index (χ0n) is 23.5. The predicted octanol–water partition coefficient (Wildman–Crippen LogP) is 4.34. The molecule has 1 fully saturated rings. The van der Waals surface area contributed by atoms with E-state index in [1.54, 1.807) is 12.4 Å². The van der Waals surface area contributed by atoms with Crippen LogP contribution in [0.2, 0.25) is 0 Å². The lowest BCUT2D eigenvalue weighted by Gasteiger charge is -2.52. The summed E-state index contributed by atoms with van der Waals surface area (Å²) in [5.41, 5.74) is 5.40. The number of pyridine rings is 1. The normalized spacial score (nSPS) is 16.5. The average molecular weight is 528 g/mol. The molecule has 0 bridgehead atoms. The Morgan fingerprint density at radius 3 is 2.69 bits per heavy atom. The lowest BCUT2D eigenvalue weighted by atomic mass is 9.60. The first-order valence-electron chi connectivity index (χ1n) is 13.6. The third-order valence-electron chi connectivity index (χ3n) is 8.07. The number of ether oxygens (including phenoxy) is 1. The summed E-state index contributed by atoms with van der Waals surface area (Å²) in [6.07, 6.45) is 8.57. The molecule has 2 aliphatic rings. The van der Waals surface area contributed by atoms with E-state index in [2.05, 4.69) is 57.0 Å². The molecule has 1 amide bonds. The van der Waals surface area contributed by atoms with Crippen molar-refractivity contribution in [1.82, 2.24) is 24.3 Å². The highest BCUT2D eigenvalue weighted by atomic mass is 16.5. The van der Waals surface area contributed by atoms with E-state index < -0.39 is 0 Å². The van der Waals surface area contributed by atoms with Crippen LogP contribution in [0, 0.1) is 11.3 Å². The number of aromatic nitrogens is 3. The second-order valence-corrected chi connectivity index (χ2v) is 10.9. The van der Waals surface area contributed by atoms with Crippen LogP contribution in [0.15, 0.2) is 36.8 Å². The van der Waals surface area contributed by atoms with Crippen LogP contribution in [0.4, 0.5) is 5.95 Å². The fourth-order valence-electron chi connectivity index (χ4n) is 6.14. The fourth-order valence-corrected chi connectivity index (χ4v) is 6.14. The van der Waals surface area contributed by atoms with Gasteiger partial charge in [0.05, 0.1) is 24.9 Å². The monoisotopic (exact) mass is 527 g/mol. The molecule has 3 aromatic rings. The minimum Gasteiger partial charge on any atom is -0.492 e. The molecule has 9 heteroatoms. The van der Waals surface area contributed by atoms with Gasteiger partial charge in [-0.1, -0.05) is 12.5 Å². The summed E-state index contributed by atoms with van der Waals surface area (Å²) in [7, 11) is 6.01. The maximum absolute atomic E-state index is 14.3. The number of rotatable bonds is 9. The maximum atomic E-state index is 14.3. The number of benzene rings is 1. The molecule has 39 heavy (non-hydrogen) atoms. The smallest absolute Gasteiger partial charge is 0.254 e. The van der Waals surface area contributed by atoms with Gasteiger partial charge in [0.25, 0.3) is 5.91 Å². The molecule has 0 saturated heterocycles. The highest BCUT2D eigenvalue weighted by Gasteiger charge is 2.49. The van der Waals surface area contributed by atoms with E-state index >= 15 is 0 Å². The number of amides is 1. The van der Waals surface area contributed by atoms with E-state index in [9.17, 15) is 10.1 Å². The Labute approximate surface area is 230 Å². The van der Waals surface area contributed by atoms with Crippen LogP contribution in [0.1, 0.15) is 77.5 Å². The first-order valence-corrected chi connectivity index (χ1v) is 13.6. The summed E-state index contributed by atoms with van der Waals surface area (Å²) in [6.45, 7) is 6.43. The number of anilines is 1. The van der Waals surface area contributed by atoms with Crippen LogP contribution >= 0.6 is 0 Å². The summed E-state index contributed by atoms with van der Waals surface area (Å²) in [6, 6.07) is 8.07. The SMILES string of the molecule is CCOc1cc([C@H](C)N2CC3(CCC3)c3c(CN(C)C)cc(Cn4ccnc4NC)cc3C2=O)ncc1C#N. The lowest BCUT2D eigenvalue weighted by molar-refractivity contribution is 0.0482. The van der Waals surface area contributed by atoms with Crippen molar-refractivity contribution in [3.05, 3.63) is 70.3 Å². The molecular weight excluding hydrogens is 490 g/mol. The number of hydrogen-bond donors (Lipinski definition) is 1. The number of nitrogens with zero attached hydrogens (tertiary/aromatic N) is 6. The van der Waals surface area contributed by atoms with Crippen molar-refractivity contribution >= 4 is 11.9 Å². The third-order valence-corrected chi connectivity index (χ3v) is 8.07. The second kappa shape index (κ2) is 10.7. The molecule has 0 radical (unpaired) electrons. The number of imidazole rings is 1. The molecule has 5 rings (SSSR count). The van der Waals surface area contributed by atoms with Gasteiger partial charge in [-0.05, 0) is 63.5 Å². The molecule has 1 aromatic carbocycles. The van der Waals surface area contributed by atoms with Crippen molar-refractivity contribution in [2.45, 2.75) is 57.7 Å². The summed E-state index contributed by atoms with van der Waals surface area (Å²) in [5, 5.41) is 12.6. The van der Waals surface area contributed by atoms with E-state index in [4.69, 9.17) is 4.74 Å². The standard InChI is InChI=1S/C30H37N7O2/c1-6-39-26-14-25(34-16-23(26)15-31)20(2)37-19-30(8-7-9-30)27-22(18-35(4)5)12-21(13-24(27)28(37)38)17-36-11-10-33-29(36)32-3/h10-14,16,20H,6-9,17-19H2,1-5H3,(H,32,33)/t20-/m0/s1. The predicted molar refractivity (Wildman–Crippen MR) is 150 cm³/mol. The molecule has 0 unspecified atom stereocenters. The molecule has 2 aromatic heterocycles. The van der Waals surface area contributed by atoms with Gasteiger partial charge in [-0.15, -0.1) is 0 Å². The van der Waals surface area contributed by atoms with Gasteiger partial charge in [0.15, 0.2) is 0 Å². The Morgan fingerprint density at radius 2 is 2.05 bits per heavy atom. The number of hydrogen-bond acceptors (Lipinski definition) is 7. The van der Waals surface area contributed by atoms with Crippen LogP contribution in [0.5, 0.6) is 5.75 Å². The Hall–Kier alpha value is -3.90. The first-order chi connectivity index (χ1) is 18.8. The van der Waals surface area contributed by atoms with E-state index in [0.29, 0.717) is 31.0 Å². The molecule has 204 valence electrons. The molecule has 1 saturated carbocycles. The Balaban J connectivity index is 1.58. The van der Waals surface area contributed by atoms with E-state index in [1.165, 1.54) is 11.1 Å². The van der Waals surface area contributed by atoms with Crippen LogP contribution in [-0.2, 0) is 18.5 Å². The molecule has 1 aliphatic heterocycles. The van der Waals surface area contributed by atoms with Gasteiger partial charge in [-0.2, -0.15) is 5.26 Å². The van der Waals surface area contributed by atoms with Crippen LogP contribution in [-0.4, -0.2) is 64.5 Å². The van der Waals surface area contributed by atoms with Gasteiger partial charge >= 0.3 is 0 Å². The summed E-state index contributed by atoms with van der Waals surface area (Å²) < 4.78 is 7.78. The summed E-state index contributed by atoms with van der Waals surface area (Å²) >= 11 is 0. The Bertz CT molecular complexity index is 1420. The topological polar surface area (TPSA) is 99.3 Å². The minimum atomic E-state index is -0.263. The number of fused-ring (bicyclic) bond motifs is 2. The average Bonchev–Trinajstić information content (AvgIpc) is 3.34. The van der Waals surface area contributed by atoms with Crippen molar-refractivity contribution in [1.29, 1.82) is 5.26 Å². The third kappa shape index (κ3) is 4.85.